The Bertz CT molecular complexity index is 965. The SMILES string of the molecule is C/C(=N/OCC(=O)N/N=C/c1sc2ccccc2c1O)c1ccccc1. The van der Waals surface area contributed by atoms with Gasteiger partial charge in [0.15, 0.2) is 6.61 Å². The van der Waals surface area contributed by atoms with Gasteiger partial charge in [-0.3, -0.25) is 4.79 Å². The minimum absolute atomic E-state index is 0.155. The van der Waals surface area contributed by atoms with Crippen LogP contribution in [0.2, 0.25) is 0 Å². The first kappa shape index (κ1) is 17.6. The molecule has 0 spiro atoms. The lowest BCUT2D eigenvalue weighted by Gasteiger charge is -2.01. The Kier molecular flexibility index (Phi) is 5.60. The number of nitrogens with one attached hydrogen (secondary N) is 1. The van der Waals surface area contributed by atoms with Crippen molar-refractivity contribution >= 4 is 39.3 Å². The molecule has 0 saturated heterocycles. The van der Waals surface area contributed by atoms with Crippen LogP contribution in [0.1, 0.15) is 17.4 Å². The molecule has 0 aliphatic rings. The molecule has 1 amide bonds. The van der Waals surface area contributed by atoms with Gasteiger partial charge in [-0.15, -0.1) is 11.3 Å². The summed E-state index contributed by atoms with van der Waals surface area (Å²) in [5, 5.41) is 18.7. The standard InChI is InChI=1S/C19H17N3O3S/c1-13(14-7-3-2-4-8-14)22-25-12-18(23)21-20-11-17-19(24)15-9-5-6-10-16(15)26-17/h2-11,24H,12H2,1H3,(H,21,23)/b20-11+,22-13-. The molecule has 0 bridgehead atoms. The number of hydrogen-bond donors (Lipinski definition) is 2. The highest BCUT2D eigenvalue weighted by atomic mass is 32.1. The zero-order valence-corrected chi connectivity index (χ0v) is 14.9. The summed E-state index contributed by atoms with van der Waals surface area (Å²) < 4.78 is 0.951. The number of amides is 1. The Hall–Kier alpha value is -3.19. The van der Waals surface area contributed by atoms with Crippen LogP contribution < -0.4 is 5.43 Å². The molecule has 1 heterocycles. The van der Waals surface area contributed by atoms with Crippen LogP contribution in [0, 0.1) is 0 Å². The summed E-state index contributed by atoms with van der Waals surface area (Å²) in [6.45, 7) is 1.55. The van der Waals surface area contributed by atoms with Crippen LogP contribution in [0.4, 0.5) is 0 Å². The minimum Gasteiger partial charge on any atom is -0.506 e. The van der Waals surface area contributed by atoms with Crippen LogP contribution in [0.25, 0.3) is 10.1 Å². The van der Waals surface area contributed by atoms with E-state index >= 15 is 0 Å². The summed E-state index contributed by atoms with van der Waals surface area (Å²) in [6, 6.07) is 17.0. The summed E-state index contributed by atoms with van der Waals surface area (Å²) in [5.41, 5.74) is 3.95. The number of rotatable bonds is 6. The first-order valence-electron chi connectivity index (χ1n) is 7.89. The molecular weight excluding hydrogens is 350 g/mol. The summed E-state index contributed by atoms with van der Waals surface area (Å²) in [4.78, 5) is 17.3. The third-order valence-electron chi connectivity index (χ3n) is 3.56. The highest BCUT2D eigenvalue weighted by molar-refractivity contribution is 7.21. The van der Waals surface area contributed by atoms with Gasteiger partial charge in [0.05, 0.1) is 16.8 Å². The fourth-order valence-corrected chi connectivity index (χ4v) is 3.22. The van der Waals surface area contributed by atoms with Crippen molar-refractivity contribution < 1.29 is 14.7 Å². The Morgan fingerprint density at radius 1 is 1.19 bits per heavy atom. The normalized spacial score (nSPS) is 11.8. The number of hydrazone groups is 1. The molecule has 3 aromatic rings. The average molecular weight is 367 g/mol. The lowest BCUT2D eigenvalue weighted by molar-refractivity contribution is -0.125. The van der Waals surface area contributed by atoms with Gasteiger partial charge < -0.3 is 9.94 Å². The van der Waals surface area contributed by atoms with Crippen molar-refractivity contribution in [2.24, 2.45) is 10.3 Å². The van der Waals surface area contributed by atoms with Crippen molar-refractivity contribution in [3.05, 3.63) is 65.0 Å². The maximum Gasteiger partial charge on any atom is 0.280 e. The number of aromatic hydroxyl groups is 1. The highest BCUT2D eigenvalue weighted by Crippen LogP contribution is 2.35. The van der Waals surface area contributed by atoms with Gasteiger partial charge in [0.1, 0.15) is 5.75 Å². The van der Waals surface area contributed by atoms with Crippen LogP contribution in [-0.4, -0.2) is 29.5 Å². The van der Waals surface area contributed by atoms with Gasteiger partial charge in [0.25, 0.3) is 5.91 Å². The molecule has 2 aromatic carbocycles. The minimum atomic E-state index is -0.438. The van der Waals surface area contributed by atoms with Gasteiger partial charge in [-0.1, -0.05) is 47.6 Å². The molecule has 2 N–H and O–H groups in total. The molecule has 6 nitrogen and oxygen atoms in total. The predicted molar refractivity (Wildman–Crippen MR) is 104 cm³/mol. The molecule has 0 aliphatic carbocycles. The Morgan fingerprint density at radius 3 is 2.69 bits per heavy atom. The van der Waals surface area contributed by atoms with E-state index in [9.17, 15) is 9.90 Å². The van der Waals surface area contributed by atoms with Gasteiger partial charge in [0.2, 0.25) is 0 Å². The molecule has 1 aromatic heterocycles. The lowest BCUT2D eigenvalue weighted by Crippen LogP contribution is -2.22. The van der Waals surface area contributed by atoms with E-state index in [2.05, 4.69) is 15.7 Å². The predicted octanol–water partition coefficient (Wildman–Crippen LogP) is 3.50. The molecule has 3 rings (SSSR count). The molecule has 7 heteroatoms. The number of benzene rings is 2. The largest absolute Gasteiger partial charge is 0.506 e. The van der Waals surface area contributed by atoms with Crippen molar-refractivity contribution in [2.45, 2.75) is 6.92 Å². The monoisotopic (exact) mass is 367 g/mol. The van der Waals surface area contributed by atoms with Crippen LogP contribution >= 0.6 is 11.3 Å². The topological polar surface area (TPSA) is 83.3 Å². The number of fused-ring (bicyclic) bond motifs is 1. The van der Waals surface area contributed by atoms with E-state index in [0.717, 1.165) is 15.6 Å². The van der Waals surface area contributed by atoms with Crippen LogP contribution in [0.15, 0.2) is 64.9 Å². The summed E-state index contributed by atoms with van der Waals surface area (Å²) >= 11 is 1.39. The molecule has 132 valence electrons. The Morgan fingerprint density at radius 2 is 1.92 bits per heavy atom. The molecule has 0 aliphatic heterocycles. The molecule has 0 fully saturated rings. The summed E-state index contributed by atoms with van der Waals surface area (Å²) in [7, 11) is 0. The highest BCUT2D eigenvalue weighted by Gasteiger charge is 2.08. The third kappa shape index (κ3) is 4.25. The van der Waals surface area contributed by atoms with Crippen LogP contribution in [0.3, 0.4) is 0 Å². The molecule has 26 heavy (non-hydrogen) atoms. The molecular formula is C19H17N3O3S. The van der Waals surface area contributed by atoms with Crippen molar-refractivity contribution in [1.29, 1.82) is 0 Å². The lowest BCUT2D eigenvalue weighted by atomic mass is 10.1. The maximum absolute atomic E-state index is 11.7. The van der Waals surface area contributed by atoms with E-state index < -0.39 is 5.91 Å². The fourth-order valence-electron chi connectivity index (χ4n) is 2.25. The second-order valence-corrected chi connectivity index (χ2v) is 6.50. The van der Waals surface area contributed by atoms with E-state index in [0.29, 0.717) is 10.6 Å². The zero-order chi connectivity index (χ0) is 18.4. The Labute approximate surface area is 154 Å². The fraction of sp³-hybridized carbons (Fsp3) is 0.105. The number of thiophene rings is 1. The van der Waals surface area contributed by atoms with Crippen LogP contribution in [-0.2, 0) is 9.63 Å². The van der Waals surface area contributed by atoms with Gasteiger partial charge >= 0.3 is 0 Å². The van der Waals surface area contributed by atoms with Gasteiger partial charge in [-0.25, -0.2) is 5.43 Å². The van der Waals surface area contributed by atoms with E-state index in [1.807, 2.05) is 54.6 Å². The second-order valence-electron chi connectivity index (χ2n) is 5.42. The molecule has 0 unspecified atom stereocenters. The van der Waals surface area contributed by atoms with E-state index in [1.165, 1.54) is 17.6 Å². The molecule has 0 atom stereocenters. The maximum atomic E-state index is 11.7. The Balaban J connectivity index is 1.52. The summed E-state index contributed by atoms with van der Waals surface area (Å²) in [6.07, 6.45) is 1.41. The quantitative estimate of drug-likeness (QED) is 0.517. The first-order valence-corrected chi connectivity index (χ1v) is 8.71. The van der Waals surface area contributed by atoms with Crippen LogP contribution in [0.5, 0.6) is 5.75 Å². The van der Waals surface area contributed by atoms with Crippen molar-refractivity contribution in [3.8, 4) is 5.75 Å². The zero-order valence-electron chi connectivity index (χ0n) is 14.0. The molecule has 0 radical (unpaired) electrons. The first-order chi connectivity index (χ1) is 12.6. The number of carbonyl (C=O) groups is 1. The summed E-state index contributed by atoms with van der Waals surface area (Å²) in [5.74, 6) is -0.283. The number of nitrogens with zero attached hydrogens (tertiary/aromatic N) is 2. The van der Waals surface area contributed by atoms with E-state index in [-0.39, 0.29) is 12.4 Å². The van der Waals surface area contributed by atoms with Gasteiger partial charge in [0, 0.05) is 10.1 Å². The van der Waals surface area contributed by atoms with Crippen molar-refractivity contribution in [3.63, 3.8) is 0 Å². The third-order valence-corrected chi connectivity index (χ3v) is 4.65. The number of oxime groups is 1. The van der Waals surface area contributed by atoms with Gasteiger partial charge in [-0.05, 0) is 24.6 Å². The average Bonchev–Trinajstić information content (AvgIpc) is 2.98. The van der Waals surface area contributed by atoms with E-state index in [4.69, 9.17) is 4.84 Å². The number of hydrogen-bond acceptors (Lipinski definition) is 6. The van der Waals surface area contributed by atoms with Gasteiger partial charge in [-0.2, -0.15) is 5.10 Å². The second kappa shape index (κ2) is 8.26. The van der Waals surface area contributed by atoms with Crippen molar-refractivity contribution in [1.82, 2.24) is 5.43 Å². The smallest absolute Gasteiger partial charge is 0.280 e. The van der Waals surface area contributed by atoms with E-state index in [1.54, 1.807) is 6.92 Å². The number of carbonyl (C=O) groups excluding carboxylic acids is 1. The molecule has 0 saturated carbocycles. The van der Waals surface area contributed by atoms with Crippen molar-refractivity contribution in [2.75, 3.05) is 6.61 Å².